The summed E-state index contributed by atoms with van der Waals surface area (Å²) in [6, 6.07) is 16.3. The van der Waals surface area contributed by atoms with E-state index < -0.39 is 23.4 Å². The van der Waals surface area contributed by atoms with Gasteiger partial charge in [0.05, 0.1) is 11.9 Å². The monoisotopic (exact) mass is 809 g/mol. The third-order valence-electron chi connectivity index (χ3n) is 12.3. The van der Waals surface area contributed by atoms with Crippen molar-refractivity contribution in [2.24, 2.45) is 0 Å². The van der Waals surface area contributed by atoms with Crippen LogP contribution < -0.4 is 31.7 Å². The molecule has 1 saturated carbocycles. The fraction of sp³-hybridized carbons (Fsp3) is 0.442. The summed E-state index contributed by atoms with van der Waals surface area (Å²) in [7, 11) is 0. The maximum Gasteiger partial charge on any atom is 0.255 e. The van der Waals surface area contributed by atoms with Crippen molar-refractivity contribution in [1.82, 2.24) is 30.1 Å². The number of hydrogen-bond acceptors (Lipinski definition) is 11. The Morgan fingerprint density at radius 2 is 1.59 bits per heavy atom. The number of aliphatic hydroxyl groups is 1. The summed E-state index contributed by atoms with van der Waals surface area (Å²) in [5.74, 6) is -1.69. The van der Waals surface area contributed by atoms with E-state index in [1.54, 1.807) is 54.7 Å². The Labute approximate surface area is 340 Å². The van der Waals surface area contributed by atoms with Crippen LogP contribution in [0.2, 0.25) is 0 Å². The van der Waals surface area contributed by atoms with Crippen LogP contribution in [-0.4, -0.2) is 98.2 Å². The highest BCUT2D eigenvalue weighted by Crippen LogP contribution is 2.32. The van der Waals surface area contributed by atoms with E-state index in [0.29, 0.717) is 86.9 Å². The van der Waals surface area contributed by atoms with Crippen LogP contribution in [0.5, 0.6) is 0 Å². The van der Waals surface area contributed by atoms with Gasteiger partial charge in [-0.15, -0.1) is 0 Å². The van der Waals surface area contributed by atoms with Gasteiger partial charge in [0.2, 0.25) is 17.8 Å². The molecule has 0 radical (unpaired) electrons. The normalized spacial score (nSPS) is 22.7. The Bertz CT molecular complexity index is 2250. The first kappa shape index (κ1) is 40.1. The van der Waals surface area contributed by atoms with Gasteiger partial charge in [0.15, 0.2) is 5.82 Å². The lowest BCUT2D eigenvalue weighted by atomic mass is 9.86. The highest BCUT2D eigenvalue weighted by molar-refractivity contribution is 6.01. The van der Waals surface area contributed by atoms with Gasteiger partial charge in [0, 0.05) is 79.9 Å². The van der Waals surface area contributed by atoms with E-state index in [2.05, 4.69) is 36.1 Å². The van der Waals surface area contributed by atoms with Gasteiger partial charge in [-0.2, -0.15) is 0 Å². The van der Waals surface area contributed by atoms with Gasteiger partial charge in [-0.3, -0.25) is 29.1 Å². The van der Waals surface area contributed by atoms with Crippen LogP contribution in [0, 0.1) is 11.6 Å². The molecule has 0 bridgehead atoms. The molecule has 1 unspecified atom stereocenters. The average Bonchev–Trinajstić information content (AvgIpc) is 3.24. The first-order valence-corrected chi connectivity index (χ1v) is 20.5. The van der Waals surface area contributed by atoms with Gasteiger partial charge in [-0.05, 0) is 94.2 Å². The van der Waals surface area contributed by atoms with E-state index in [-0.39, 0.29) is 53.4 Å². The van der Waals surface area contributed by atoms with Crippen molar-refractivity contribution in [3.63, 3.8) is 0 Å². The predicted molar refractivity (Wildman–Crippen MR) is 218 cm³/mol. The van der Waals surface area contributed by atoms with Gasteiger partial charge in [-0.25, -0.2) is 18.7 Å². The number of pyridine rings is 1. The van der Waals surface area contributed by atoms with E-state index in [4.69, 9.17) is 0 Å². The molecule has 8 rings (SSSR count). The van der Waals surface area contributed by atoms with E-state index >= 15 is 4.39 Å². The Kier molecular flexibility index (Phi) is 11.7. The van der Waals surface area contributed by atoms with Gasteiger partial charge >= 0.3 is 0 Å². The molecule has 3 amide bonds. The minimum absolute atomic E-state index is 0.0197. The molecule has 3 saturated heterocycles. The van der Waals surface area contributed by atoms with E-state index in [0.717, 1.165) is 31.9 Å². The van der Waals surface area contributed by atoms with Crippen molar-refractivity contribution in [1.29, 1.82) is 0 Å². The molecule has 16 heteroatoms. The summed E-state index contributed by atoms with van der Waals surface area (Å²) >= 11 is 0. The number of nitrogens with zero attached hydrogens (tertiary/aromatic N) is 5. The molecule has 59 heavy (non-hydrogen) atoms. The average molecular weight is 810 g/mol. The topological polar surface area (TPSA) is 174 Å². The third-order valence-corrected chi connectivity index (χ3v) is 12.3. The minimum Gasteiger partial charge on any atom is -0.380 e. The van der Waals surface area contributed by atoms with E-state index in [1.807, 2.05) is 4.90 Å². The number of benzene rings is 2. The molecule has 14 nitrogen and oxygen atoms in total. The van der Waals surface area contributed by atoms with E-state index in [9.17, 15) is 28.7 Å². The van der Waals surface area contributed by atoms with Gasteiger partial charge in [-0.1, -0.05) is 18.2 Å². The standard InChI is InChI=1S/C43H49F2N9O5/c44-33-25-30(47-35-12-14-37(55)50-40(35)57)11-13-36(33)53-20-15-31(16-21-53)52-22-17-43(59,18-23-52)41(58)48-28-7-9-29(10-8-28)49-42-46-26-34(45)39(51-42)27-4-3-5-32(24-27)54-19-2-1-6-38(54)56/h1-6,11,13,19,24-26,28-29,31,35,47,59H,7-10,12,14-18,20-23H2,(H,48,58)(H,46,49,51)(H,50,55,57)/t28-,29-,35?. The fourth-order valence-corrected chi connectivity index (χ4v) is 8.81. The summed E-state index contributed by atoms with van der Waals surface area (Å²) in [6.07, 6.45) is 8.57. The largest absolute Gasteiger partial charge is 0.380 e. The summed E-state index contributed by atoms with van der Waals surface area (Å²) in [4.78, 5) is 62.4. The Morgan fingerprint density at radius 3 is 2.32 bits per heavy atom. The molecule has 310 valence electrons. The molecule has 4 fully saturated rings. The number of halogens is 2. The second-order valence-electron chi connectivity index (χ2n) is 16.1. The molecule has 2 aromatic heterocycles. The molecular weight excluding hydrogens is 761 g/mol. The van der Waals surface area contributed by atoms with Crippen LogP contribution in [-0.2, 0) is 14.4 Å². The lowest BCUT2D eigenvalue weighted by Gasteiger charge is -2.44. The minimum atomic E-state index is -1.44. The van der Waals surface area contributed by atoms with Gasteiger partial charge < -0.3 is 30.9 Å². The molecule has 3 aliphatic heterocycles. The zero-order valence-electron chi connectivity index (χ0n) is 32.7. The van der Waals surface area contributed by atoms with Crippen molar-refractivity contribution in [2.45, 2.75) is 94.0 Å². The summed E-state index contributed by atoms with van der Waals surface area (Å²) in [6.45, 7) is 2.52. The highest BCUT2D eigenvalue weighted by Gasteiger charge is 2.42. The Hall–Kier alpha value is -5.74. The predicted octanol–water partition coefficient (Wildman–Crippen LogP) is 4.13. The molecule has 1 aliphatic carbocycles. The number of likely N-dealkylation sites (tertiary alicyclic amines) is 1. The van der Waals surface area contributed by atoms with Crippen molar-refractivity contribution >= 4 is 35.0 Å². The first-order chi connectivity index (χ1) is 28.5. The summed E-state index contributed by atoms with van der Waals surface area (Å²) in [5.41, 5.74) is 0.586. The lowest BCUT2D eigenvalue weighted by Crippen LogP contribution is -2.58. The van der Waals surface area contributed by atoms with Gasteiger partial charge in [0.25, 0.3) is 11.5 Å². The van der Waals surface area contributed by atoms with Crippen LogP contribution >= 0.6 is 0 Å². The fourth-order valence-electron chi connectivity index (χ4n) is 8.81. The van der Waals surface area contributed by atoms with Crippen LogP contribution in [0.4, 0.5) is 26.1 Å². The molecule has 5 heterocycles. The molecular formula is C43H49F2N9O5. The molecule has 0 spiro atoms. The number of amides is 3. The van der Waals surface area contributed by atoms with Crippen LogP contribution in [0.3, 0.4) is 0 Å². The number of rotatable bonds is 10. The molecule has 5 N–H and O–H groups in total. The zero-order valence-corrected chi connectivity index (χ0v) is 32.7. The van der Waals surface area contributed by atoms with Crippen molar-refractivity contribution in [3.8, 4) is 16.9 Å². The molecule has 1 atom stereocenters. The SMILES string of the molecule is O=C1CCC(Nc2ccc(N3CCC(N4CCC(O)(C(=O)N[C@H]5CC[C@H](Nc6ncc(F)c(-c7cccc(-n8ccccc8=O)c7)n6)CC5)CC4)CC3)c(F)c2)C(=O)N1. The number of carbonyl (C=O) groups is 3. The molecule has 4 aromatic rings. The van der Waals surface area contributed by atoms with E-state index in [1.165, 1.54) is 16.7 Å². The van der Waals surface area contributed by atoms with Crippen molar-refractivity contribution < 1.29 is 28.3 Å². The summed E-state index contributed by atoms with van der Waals surface area (Å²) < 4.78 is 31.7. The van der Waals surface area contributed by atoms with Crippen LogP contribution in [0.25, 0.3) is 16.9 Å². The maximum atomic E-state index is 15.2. The molecule has 2 aromatic carbocycles. The number of hydrogen-bond donors (Lipinski definition) is 5. The highest BCUT2D eigenvalue weighted by atomic mass is 19.1. The number of imide groups is 1. The van der Waals surface area contributed by atoms with Crippen molar-refractivity contribution in [3.05, 3.63) is 95.0 Å². The first-order valence-electron chi connectivity index (χ1n) is 20.5. The second-order valence-corrected chi connectivity index (χ2v) is 16.1. The van der Waals surface area contributed by atoms with Crippen LogP contribution in [0.15, 0.2) is 77.9 Å². The smallest absolute Gasteiger partial charge is 0.255 e. The Balaban J connectivity index is 0.776. The number of piperidine rings is 3. The van der Waals surface area contributed by atoms with Gasteiger partial charge in [0.1, 0.15) is 23.2 Å². The van der Waals surface area contributed by atoms with Crippen LogP contribution in [0.1, 0.15) is 64.2 Å². The zero-order chi connectivity index (χ0) is 41.1. The number of aromatic nitrogens is 3. The lowest BCUT2D eigenvalue weighted by molar-refractivity contribution is -0.146. The summed E-state index contributed by atoms with van der Waals surface area (Å²) in [5, 5.41) is 23.2. The quantitative estimate of drug-likeness (QED) is 0.146. The number of anilines is 3. The van der Waals surface area contributed by atoms with Crippen molar-refractivity contribution in [2.75, 3.05) is 41.7 Å². The number of carbonyl (C=O) groups excluding carboxylic acids is 3. The Morgan fingerprint density at radius 1 is 0.831 bits per heavy atom. The molecule has 4 aliphatic rings. The second kappa shape index (κ2) is 17.2. The maximum absolute atomic E-state index is 15.2. The number of nitrogens with one attached hydrogen (secondary N) is 4. The third kappa shape index (κ3) is 9.13.